The molecule has 0 saturated carbocycles. The lowest BCUT2D eigenvalue weighted by Crippen LogP contribution is -2.43. The summed E-state index contributed by atoms with van der Waals surface area (Å²) in [5, 5.41) is 12.4. The number of hydrogen-bond donors (Lipinski definition) is 1. The van der Waals surface area contributed by atoms with Crippen LogP contribution in [0.15, 0.2) is 54.9 Å². The summed E-state index contributed by atoms with van der Waals surface area (Å²) in [6, 6.07) is 14.1. The van der Waals surface area contributed by atoms with Crippen LogP contribution in [0.2, 0.25) is 0 Å². The molecule has 0 atom stereocenters. The number of amides is 1. The van der Waals surface area contributed by atoms with Crippen LogP contribution in [-0.2, 0) is 11.2 Å². The maximum absolute atomic E-state index is 12.7. The van der Waals surface area contributed by atoms with Crippen LogP contribution in [0.4, 0.5) is 5.82 Å². The molecule has 1 aromatic carbocycles. The number of benzene rings is 1. The number of nitrogens with one attached hydrogen (secondary N) is 1. The fourth-order valence-electron chi connectivity index (χ4n) is 3.45. The predicted molar refractivity (Wildman–Crippen MR) is 101 cm³/mol. The van der Waals surface area contributed by atoms with Crippen molar-refractivity contribution >= 4 is 22.6 Å². The number of piperidine rings is 1. The molecule has 1 saturated heterocycles. The Morgan fingerprint density at radius 2 is 1.88 bits per heavy atom. The van der Waals surface area contributed by atoms with E-state index in [-0.39, 0.29) is 5.91 Å². The Bertz CT molecular complexity index is 886. The molecule has 6 nitrogen and oxygen atoms in total. The van der Waals surface area contributed by atoms with Gasteiger partial charge in [-0.2, -0.15) is 5.10 Å². The van der Waals surface area contributed by atoms with Gasteiger partial charge in [0.2, 0.25) is 5.91 Å². The summed E-state index contributed by atoms with van der Waals surface area (Å²) in [5.41, 5.74) is 1.91. The Hall–Kier alpha value is -3.02. The number of anilines is 1. The standard InChI is InChI=1S/C20H21N5O/c26-19(14-16-5-1-4-15-6-2-10-21-20(15)16)25-12-8-17(9-13-25)23-18-7-3-11-22-24-18/h1-7,10-11,17H,8-9,12-14H2,(H,23,24). The minimum Gasteiger partial charge on any atom is -0.366 e. The highest BCUT2D eigenvalue weighted by molar-refractivity contribution is 5.87. The highest BCUT2D eigenvalue weighted by atomic mass is 16.2. The number of nitrogens with zero attached hydrogens (tertiary/aromatic N) is 4. The Labute approximate surface area is 152 Å². The molecule has 26 heavy (non-hydrogen) atoms. The van der Waals surface area contributed by atoms with E-state index in [1.54, 1.807) is 12.4 Å². The number of rotatable bonds is 4. The van der Waals surface area contributed by atoms with E-state index in [0.29, 0.717) is 12.5 Å². The number of carbonyl (C=O) groups is 1. The molecule has 0 aliphatic carbocycles. The van der Waals surface area contributed by atoms with Crippen LogP contribution in [0.1, 0.15) is 18.4 Å². The third kappa shape index (κ3) is 3.64. The molecule has 2 aromatic heterocycles. The fraction of sp³-hybridized carbons (Fsp3) is 0.300. The van der Waals surface area contributed by atoms with Gasteiger partial charge in [-0.1, -0.05) is 24.3 Å². The lowest BCUT2D eigenvalue weighted by Gasteiger charge is -2.32. The second-order valence-corrected chi connectivity index (χ2v) is 6.58. The van der Waals surface area contributed by atoms with Gasteiger partial charge in [-0.05, 0) is 36.6 Å². The SMILES string of the molecule is O=C(Cc1cccc2cccnc12)N1CCC(Nc2cccnn2)CC1. The zero-order valence-electron chi connectivity index (χ0n) is 14.5. The molecule has 1 amide bonds. The molecule has 3 heterocycles. The van der Waals surface area contributed by atoms with Gasteiger partial charge in [0.05, 0.1) is 11.9 Å². The van der Waals surface area contributed by atoms with E-state index in [2.05, 4.69) is 20.5 Å². The smallest absolute Gasteiger partial charge is 0.227 e. The van der Waals surface area contributed by atoms with Gasteiger partial charge in [0.1, 0.15) is 5.82 Å². The van der Waals surface area contributed by atoms with E-state index in [1.165, 1.54) is 0 Å². The van der Waals surface area contributed by atoms with E-state index in [4.69, 9.17) is 0 Å². The molecule has 132 valence electrons. The van der Waals surface area contributed by atoms with Gasteiger partial charge in [0.15, 0.2) is 0 Å². The minimum absolute atomic E-state index is 0.168. The third-order valence-corrected chi connectivity index (χ3v) is 4.83. The number of likely N-dealkylation sites (tertiary alicyclic amines) is 1. The van der Waals surface area contributed by atoms with Crippen molar-refractivity contribution in [2.75, 3.05) is 18.4 Å². The maximum Gasteiger partial charge on any atom is 0.227 e. The highest BCUT2D eigenvalue weighted by Crippen LogP contribution is 2.19. The molecular formula is C20H21N5O. The van der Waals surface area contributed by atoms with Gasteiger partial charge >= 0.3 is 0 Å². The Balaban J connectivity index is 1.36. The van der Waals surface area contributed by atoms with Crippen LogP contribution in [0, 0.1) is 0 Å². The lowest BCUT2D eigenvalue weighted by atomic mass is 10.0. The van der Waals surface area contributed by atoms with Crippen molar-refractivity contribution in [3.8, 4) is 0 Å². The van der Waals surface area contributed by atoms with E-state index >= 15 is 0 Å². The first-order valence-corrected chi connectivity index (χ1v) is 8.94. The number of pyridine rings is 1. The maximum atomic E-state index is 12.7. The molecule has 1 fully saturated rings. The summed E-state index contributed by atoms with van der Waals surface area (Å²) >= 11 is 0. The third-order valence-electron chi connectivity index (χ3n) is 4.83. The molecule has 1 aliphatic heterocycles. The Kier molecular flexibility index (Phi) is 4.73. The van der Waals surface area contributed by atoms with E-state index in [9.17, 15) is 4.79 Å². The fourth-order valence-corrected chi connectivity index (χ4v) is 3.45. The predicted octanol–water partition coefficient (Wildman–Crippen LogP) is 2.67. The normalized spacial score (nSPS) is 15.2. The second kappa shape index (κ2) is 7.47. The second-order valence-electron chi connectivity index (χ2n) is 6.58. The van der Waals surface area contributed by atoms with Crippen LogP contribution in [-0.4, -0.2) is 45.1 Å². The zero-order valence-corrected chi connectivity index (χ0v) is 14.5. The van der Waals surface area contributed by atoms with Gasteiger partial charge in [0, 0.05) is 36.9 Å². The van der Waals surface area contributed by atoms with Crippen LogP contribution < -0.4 is 5.32 Å². The van der Waals surface area contributed by atoms with Crippen molar-refractivity contribution in [1.29, 1.82) is 0 Å². The molecule has 0 unspecified atom stereocenters. The summed E-state index contributed by atoms with van der Waals surface area (Å²) < 4.78 is 0. The summed E-state index contributed by atoms with van der Waals surface area (Å²) in [5.74, 6) is 0.959. The Morgan fingerprint density at radius 1 is 1.08 bits per heavy atom. The number of aromatic nitrogens is 3. The molecule has 0 spiro atoms. The molecular weight excluding hydrogens is 326 g/mol. The number of para-hydroxylation sites is 1. The summed E-state index contributed by atoms with van der Waals surface area (Å²) in [4.78, 5) is 19.1. The zero-order chi connectivity index (χ0) is 17.8. The highest BCUT2D eigenvalue weighted by Gasteiger charge is 2.23. The molecule has 4 rings (SSSR count). The van der Waals surface area contributed by atoms with Gasteiger partial charge < -0.3 is 10.2 Å². The minimum atomic E-state index is 0.168. The van der Waals surface area contributed by atoms with Gasteiger partial charge in [-0.25, -0.2) is 0 Å². The summed E-state index contributed by atoms with van der Waals surface area (Å²) in [6.45, 7) is 1.52. The monoisotopic (exact) mass is 347 g/mol. The first-order valence-electron chi connectivity index (χ1n) is 8.94. The number of hydrogen-bond acceptors (Lipinski definition) is 5. The quantitative estimate of drug-likeness (QED) is 0.786. The summed E-state index contributed by atoms with van der Waals surface area (Å²) in [7, 11) is 0. The number of carbonyl (C=O) groups excluding carboxylic acids is 1. The molecule has 6 heteroatoms. The molecule has 3 aromatic rings. The first-order chi connectivity index (χ1) is 12.8. The Morgan fingerprint density at radius 3 is 2.69 bits per heavy atom. The van der Waals surface area contributed by atoms with Crippen LogP contribution in [0.25, 0.3) is 10.9 Å². The molecule has 0 bridgehead atoms. The number of fused-ring (bicyclic) bond motifs is 1. The molecule has 1 aliphatic rings. The van der Waals surface area contributed by atoms with Gasteiger partial charge in [-0.3, -0.25) is 9.78 Å². The van der Waals surface area contributed by atoms with Crippen LogP contribution >= 0.6 is 0 Å². The van der Waals surface area contributed by atoms with Crippen molar-refractivity contribution < 1.29 is 4.79 Å². The van der Waals surface area contributed by atoms with E-state index in [0.717, 1.165) is 48.2 Å². The van der Waals surface area contributed by atoms with Crippen molar-refractivity contribution in [1.82, 2.24) is 20.1 Å². The first kappa shape index (κ1) is 16.4. The van der Waals surface area contributed by atoms with Crippen LogP contribution in [0.3, 0.4) is 0 Å². The van der Waals surface area contributed by atoms with Crippen molar-refractivity contribution in [2.24, 2.45) is 0 Å². The molecule has 0 radical (unpaired) electrons. The van der Waals surface area contributed by atoms with E-state index in [1.807, 2.05) is 47.4 Å². The lowest BCUT2D eigenvalue weighted by molar-refractivity contribution is -0.131. The van der Waals surface area contributed by atoms with Crippen LogP contribution in [0.5, 0.6) is 0 Å². The average molecular weight is 347 g/mol. The largest absolute Gasteiger partial charge is 0.366 e. The average Bonchev–Trinajstić information content (AvgIpc) is 2.70. The van der Waals surface area contributed by atoms with Crippen molar-refractivity contribution in [2.45, 2.75) is 25.3 Å². The molecule has 1 N–H and O–H groups in total. The summed E-state index contributed by atoms with van der Waals surface area (Å²) in [6.07, 6.45) is 5.66. The van der Waals surface area contributed by atoms with Crippen molar-refractivity contribution in [3.63, 3.8) is 0 Å². The topological polar surface area (TPSA) is 71.0 Å². The van der Waals surface area contributed by atoms with E-state index < -0.39 is 0 Å². The van der Waals surface area contributed by atoms with Crippen molar-refractivity contribution in [3.05, 3.63) is 60.4 Å². The van der Waals surface area contributed by atoms with Gasteiger partial charge in [-0.15, -0.1) is 5.10 Å². The van der Waals surface area contributed by atoms with Gasteiger partial charge in [0.25, 0.3) is 0 Å².